The highest BCUT2D eigenvalue weighted by molar-refractivity contribution is 5.99. The number of hydrogen-bond acceptors (Lipinski definition) is 2. The minimum absolute atomic E-state index is 0.0138. The van der Waals surface area contributed by atoms with Gasteiger partial charge in [0.25, 0.3) is 0 Å². The molecule has 2 fully saturated rings. The monoisotopic (exact) mass is 300 g/mol. The van der Waals surface area contributed by atoms with Gasteiger partial charge in [-0.15, -0.1) is 0 Å². The van der Waals surface area contributed by atoms with Crippen molar-refractivity contribution < 1.29 is 9.59 Å². The molecule has 1 saturated heterocycles. The number of nitrogens with zero attached hydrogens (tertiary/aromatic N) is 1. The van der Waals surface area contributed by atoms with Crippen LogP contribution in [0.25, 0.3) is 0 Å². The Labute approximate surface area is 131 Å². The summed E-state index contributed by atoms with van der Waals surface area (Å²) in [5.41, 5.74) is 0.436. The number of benzene rings is 1. The molecule has 22 heavy (non-hydrogen) atoms. The molecule has 2 amide bonds. The van der Waals surface area contributed by atoms with Crippen molar-refractivity contribution in [1.29, 1.82) is 0 Å². The van der Waals surface area contributed by atoms with Gasteiger partial charge in [-0.05, 0) is 24.8 Å². The fourth-order valence-electron chi connectivity index (χ4n) is 3.79. The average molecular weight is 300 g/mol. The van der Waals surface area contributed by atoms with Gasteiger partial charge in [0.15, 0.2) is 0 Å². The van der Waals surface area contributed by atoms with Crippen molar-refractivity contribution in [3.05, 3.63) is 35.9 Å². The second-order valence-electron chi connectivity index (χ2n) is 6.47. The predicted molar refractivity (Wildman–Crippen MR) is 85.0 cm³/mol. The zero-order valence-corrected chi connectivity index (χ0v) is 13.2. The van der Waals surface area contributed by atoms with Gasteiger partial charge in [0, 0.05) is 6.54 Å². The summed E-state index contributed by atoms with van der Waals surface area (Å²) >= 11 is 0. The SMILES string of the molecule is CCC1C(=O)NC2(CCCCC2)C(=O)N1Cc1ccccc1. The third-order valence-corrected chi connectivity index (χ3v) is 5.00. The lowest BCUT2D eigenvalue weighted by molar-refractivity contribution is -0.157. The lowest BCUT2D eigenvalue weighted by atomic mass is 9.78. The van der Waals surface area contributed by atoms with Crippen LogP contribution in [0, 0.1) is 0 Å². The zero-order chi connectivity index (χ0) is 15.6. The molecule has 1 atom stereocenters. The number of carbonyl (C=O) groups excluding carboxylic acids is 2. The highest BCUT2D eigenvalue weighted by atomic mass is 16.2. The number of hydrogen-bond donors (Lipinski definition) is 1. The Kier molecular flexibility index (Phi) is 4.19. The summed E-state index contributed by atoms with van der Waals surface area (Å²) in [4.78, 5) is 27.5. The van der Waals surface area contributed by atoms with E-state index >= 15 is 0 Å². The van der Waals surface area contributed by atoms with Crippen molar-refractivity contribution in [1.82, 2.24) is 10.2 Å². The summed E-state index contributed by atoms with van der Waals surface area (Å²) in [5.74, 6) is 0.127. The summed E-state index contributed by atoms with van der Waals surface area (Å²) in [5, 5.41) is 3.07. The Bertz CT molecular complexity index is 549. The van der Waals surface area contributed by atoms with Gasteiger partial charge in [0.1, 0.15) is 11.6 Å². The van der Waals surface area contributed by atoms with Gasteiger partial charge >= 0.3 is 0 Å². The van der Waals surface area contributed by atoms with E-state index in [1.165, 1.54) is 0 Å². The van der Waals surface area contributed by atoms with Crippen LogP contribution in [0.5, 0.6) is 0 Å². The van der Waals surface area contributed by atoms with Crippen molar-refractivity contribution in [3.8, 4) is 0 Å². The lowest BCUT2D eigenvalue weighted by Gasteiger charge is -2.47. The van der Waals surface area contributed by atoms with E-state index in [1.54, 1.807) is 4.90 Å². The smallest absolute Gasteiger partial charge is 0.249 e. The Hall–Kier alpha value is -1.84. The maximum atomic E-state index is 13.1. The van der Waals surface area contributed by atoms with Crippen LogP contribution in [0.1, 0.15) is 51.0 Å². The fourth-order valence-corrected chi connectivity index (χ4v) is 3.79. The Morgan fingerprint density at radius 3 is 2.45 bits per heavy atom. The third kappa shape index (κ3) is 2.62. The fraction of sp³-hybridized carbons (Fsp3) is 0.556. The first kappa shape index (κ1) is 15.1. The van der Waals surface area contributed by atoms with E-state index in [9.17, 15) is 9.59 Å². The molecule has 2 aliphatic rings. The maximum Gasteiger partial charge on any atom is 0.249 e. The first-order valence-electron chi connectivity index (χ1n) is 8.33. The maximum absolute atomic E-state index is 13.1. The van der Waals surface area contributed by atoms with E-state index < -0.39 is 5.54 Å². The molecular weight excluding hydrogens is 276 g/mol. The molecule has 4 nitrogen and oxygen atoms in total. The van der Waals surface area contributed by atoms with Crippen LogP contribution in [-0.4, -0.2) is 28.3 Å². The third-order valence-electron chi connectivity index (χ3n) is 5.00. The molecule has 1 aromatic rings. The molecule has 118 valence electrons. The van der Waals surface area contributed by atoms with Crippen LogP contribution in [0.3, 0.4) is 0 Å². The van der Waals surface area contributed by atoms with E-state index in [4.69, 9.17) is 0 Å². The molecule has 4 heteroatoms. The summed E-state index contributed by atoms with van der Waals surface area (Å²) in [6.07, 6.45) is 5.39. The second-order valence-corrected chi connectivity index (χ2v) is 6.47. The molecule has 1 unspecified atom stereocenters. The van der Waals surface area contributed by atoms with Crippen LogP contribution in [0.2, 0.25) is 0 Å². The van der Waals surface area contributed by atoms with Crippen LogP contribution >= 0.6 is 0 Å². The Balaban J connectivity index is 1.89. The van der Waals surface area contributed by atoms with Gasteiger partial charge in [-0.1, -0.05) is 56.5 Å². The highest BCUT2D eigenvalue weighted by Crippen LogP contribution is 2.34. The van der Waals surface area contributed by atoms with E-state index in [1.807, 2.05) is 37.3 Å². The molecule has 1 heterocycles. The number of piperazine rings is 1. The molecule has 1 aliphatic carbocycles. The van der Waals surface area contributed by atoms with Crippen molar-refractivity contribution in [2.45, 2.75) is 63.6 Å². The standard InChI is InChI=1S/C18H24N2O2/c1-2-15-16(21)19-18(11-7-4-8-12-18)17(22)20(15)13-14-9-5-3-6-10-14/h3,5-6,9-10,15H,2,4,7-8,11-13H2,1H3,(H,19,21). The first-order chi connectivity index (χ1) is 10.7. The summed E-state index contributed by atoms with van der Waals surface area (Å²) in [6, 6.07) is 9.59. The molecule has 1 aliphatic heterocycles. The van der Waals surface area contributed by atoms with Crippen LogP contribution < -0.4 is 5.32 Å². The zero-order valence-electron chi connectivity index (χ0n) is 13.2. The van der Waals surface area contributed by atoms with Gasteiger partial charge in [-0.25, -0.2) is 0 Å². The van der Waals surface area contributed by atoms with Crippen molar-refractivity contribution in [2.75, 3.05) is 0 Å². The first-order valence-corrected chi connectivity index (χ1v) is 8.33. The van der Waals surface area contributed by atoms with Gasteiger partial charge in [-0.3, -0.25) is 9.59 Å². The quantitative estimate of drug-likeness (QED) is 0.933. The Morgan fingerprint density at radius 2 is 1.82 bits per heavy atom. The van der Waals surface area contributed by atoms with E-state index in [0.29, 0.717) is 13.0 Å². The molecule has 0 bridgehead atoms. The predicted octanol–water partition coefficient (Wildman–Crippen LogP) is 2.63. The molecule has 1 spiro atoms. The number of nitrogens with one attached hydrogen (secondary N) is 1. The molecular formula is C18H24N2O2. The van der Waals surface area contributed by atoms with E-state index in [-0.39, 0.29) is 17.9 Å². The van der Waals surface area contributed by atoms with Crippen LogP contribution in [-0.2, 0) is 16.1 Å². The average Bonchev–Trinajstić information content (AvgIpc) is 2.54. The second kappa shape index (κ2) is 6.11. The molecule has 1 aromatic carbocycles. The van der Waals surface area contributed by atoms with Crippen LogP contribution in [0.15, 0.2) is 30.3 Å². The highest BCUT2D eigenvalue weighted by Gasteiger charge is 2.50. The van der Waals surface area contributed by atoms with Gasteiger partial charge in [0.05, 0.1) is 0 Å². The van der Waals surface area contributed by atoms with Gasteiger partial charge in [-0.2, -0.15) is 0 Å². The van der Waals surface area contributed by atoms with Crippen molar-refractivity contribution >= 4 is 11.8 Å². The van der Waals surface area contributed by atoms with Crippen LogP contribution in [0.4, 0.5) is 0 Å². The number of rotatable bonds is 3. The number of carbonyl (C=O) groups is 2. The summed E-state index contributed by atoms with van der Waals surface area (Å²) in [6.45, 7) is 2.49. The largest absolute Gasteiger partial charge is 0.340 e. The van der Waals surface area contributed by atoms with E-state index in [2.05, 4.69) is 5.32 Å². The molecule has 1 saturated carbocycles. The summed E-state index contributed by atoms with van der Waals surface area (Å²) in [7, 11) is 0. The molecule has 3 rings (SSSR count). The molecule has 0 radical (unpaired) electrons. The van der Waals surface area contributed by atoms with Crippen molar-refractivity contribution in [3.63, 3.8) is 0 Å². The van der Waals surface area contributed by atoms with Gasteiger partial charge < -0.3 is 10.2 Å². The van der Waals surface area contributed by atoms with Gasteiger partial charge in [0.2, 0.25) is 11.8 Å². The molecule has 1 N–H and O–H groups in total. The van der Waals surface area contributed by atoms with Crippen molar-refractivity contribution in [2.24, 2.45) is 0 Å². The molecule has 0 aromatic heterocycles. The normalized spacial score (nSPS) is 24.4. The van der Waals surface area contributed by atoms with E-state index in [0.717, 1.165) is 37.7 Å². The Morgan fingerprint density at radius 1 is 1.14 bits per heavy atom. The summed E-state index contributed by atoms with van der Waals surface area (Å²) < 4.78 is 0. The topological polar surface area (TPSA) is 49.4 Å². The minimum Gasteiger partial charge on any atom is -0.340 e. The number of amides is 2. The minimum atomic E-state index is -0.643. The lowest BCUT2D eigenvalue weighted by Crippen LogP contribution is -2.70.